The Morgan fingerprint density at radius 1 is 1.21 bits per heavy atom. The van der Waals surface area contributed by atoms with Crippen molar-refractivity contribution in [2.75, 3.05) is 5.73 Å². The number of nitrogens with one attached hydrogen (secondary N) is 1. The lowest BCUT2D eigenvalue weighted by molar-refractivity contribution is -0.123. The summed E-state index contributed by atoms with van der Waals surface area (Å²) in [5.41, 5.74) is 10.3. The second-order valence-corrected chi connectivity index (χ2v) is 7.35. The molecule has 3 atom stereocenters. The van der Waals surface area contributed by atoms with Crippen LogP contribution in [0.2, 0.25) is 5.02 Å². The van der Waals surface area contributed by atoms with Crippen LogP contribution < -0.4 is 11.1 Å². The van der Waals surface area contributed by atoms with E-state index in [1.807, 2.05) is 30.3 Å². The van der Waals surface area contributed by atoms with Crippen molar-refractivity contribution in [2.45, 2.75) is 37.6 Å². The number of carbonyl (C=O) groups is 1. The SMILES string of the molecule is Nc1ccc2c(c1)CCCC2NC(=O)C1CC1c1cccc(Cl)c1. The Balaban J connectivity index is 1.45. The van der Waals surface area contributed by atoms with Crippen LogP contribution in [0.25, 0.3) is 0 Å². The number of nitrogens with two attached hydrogens (primary N) is 1. The Hall–Kier alpha value is -2.00. The lowest BCUT2D eigenvalue weighted by Crippen LogP contribution is -2.32. The van der Waals surface area contributed by atoms with Gasteiger partial charge in [0.05, 0.1) is 6.04 Å². The zero-order valence-corrected chi connectivity index (χ0v) is 14.2. The van der Waals surface area contributed by atoms with Gasteiger partial charge in [-0.3, -0.25) is 4.79 Å². The van der Waals surface area contributed by atoms with E-state index in [4.69, 9.17) is 17.3 Å². The molecule has 4 heteroatoms. The molecule has 3 unspecified atom stereocenters. The first-order valence-corrected chi connectivity index (χ1v) is 8.94. The van der Waals surface area contributed by atoms with E-state index < -0.39 is 0 Å². The van der Waals surface area contributed by atoms with Crippen molar-refractivity contribution < 1.29 is 4.79 Å². The maximum absolute atomic E-state index is 12.7. The van der Waals surface area contributed by atoms with Crippen molar-refractivity contribution in [3.63, 3.8) is 0 Å². The van der Waals surface area contributed by atoms with Crippen molar-refractivity contribution in [1.29, 1.82) is 0 Å². The smallest absolute Gasteiger partial charge is 0.224 e. The first kappa shape index (κ1) is 15.5. The molecule has 3 nitrogen and oxygen atoms in total. The highest BCUT2D eigenvalue weighted by Gasteiger charge is 2.44. The molecule has 2 aliphatic carbocycles. The molecule has 0 aliphatic heterocycles. The van der Waals surface area contributed by atoms with E-state index in [1.165, 1.54) is 16.7 Å². The Bertz CT molecular complexity index is 789. The molecule has 2 aromatic rings. The predicted octanol–water partition coefficient (Wildman–Crippen LogP) is 4.22. The molecule has 0 bridgehead atoms. The summed E-state index contributed by atoms with van der Waals surface area (Å²) < 4.78 is 0. The topological polar surface area (TPSA) is 55.1 Å². The molecule has 0 radical (unpaired) electrons. The molecular weight excluding hydrogens is 320 g/mol. The first-order valence-electron chi connectivity index (χ1n) is 8.56. The number of halogens is 1. The number of anilines is 1. The predicted molar refractivity (Wildman–Crippen MR) is 97.0 cm³/mol. The number of fused-ring (bicyclic) bond motifs is 1. The molecule has 124 valence electrons. The third kappa shape index (κ3) is 3.01. The monoisotopic (exact) mass is 340 g/mol. The van der Waals surface area contributed by atoms with Gasteiger partial charge in [0.2, 0.25) is 5.91 Å². The van der Waals surface area contributed by atoms with Crippen LogP contribution in [0.4, 0.5) is 5.69 Å². The number of rotatable bonds is 3. The minimum atomic E-state index is 0.0719. The van der Waals surface area contributed by atoms with E-state index in [2.05, 4.69) is 17.4 Å². The maximum atomic E-state index is 12.7. The van der Waals surface area contributed by atoms with E-state index >= 15 is 0 Å². The van der Waals surface area contributed by atoms with Crippen molar-refractivity contribution in [3.05, 3.63) is 64.2 Å². The van der Waals surface area contributed by atoms with Gasteiger partial charge in [-0.1, -0.05) is 29.8 Å². The van der Waals surface area contributed by atoms with Gasteiger partial charge in [0.1, 0.15) is 0 Å². The highest BCUT2D eigenvalue weighted by Crippen LogP contribution is 2.48. The van der Waals surface area contributed by atoms with Crippen LogP contribution in [0, 0.1) is 5.92 Å². The summed E-state index contributed by atoms with van der Waals surface area (Å²) in [5.74, 6) is 0.537. The van der Waals surface area contributed by atoms with E-state index in [1.54, 1.807) is 0 Å². The summed E-state index contributed by atoms with van der Waals surface area (Å²) >= 11 is 6.06. The van der Waals surface area contributed by atoms with E-state index in [-0.39, 0.29) is 17.9 Å². The third-order valence-corrected chi connectivity index (χ3v) is 5.44. The number of nitrogen functional groups attached to an aromatic ring is 1. The third-order valence-electron chi connectivity index (χ3n) is 5.20. The molecule has 0 spiro atoms. The second-order valence-electron chi connectivity index (χ2n) is 6.92. The average Bonchev–Trinajstić information content (AvgIpc) is 3.35. The summed E-state index contributed by atoms with van der Waals surface area (Å²) in [6.07, 6.45) is 4.04. The lowest BCUT2D eigenvalue weighted by atomic mass is 9.87. The van der Waals surface area contributed by atoms with Crippen LogP contribution >= 0.6 is 11.6 Å². The largest absolute Gasteiger partial charge is 0.399 e. The minimum absolute atomic E-state index is 0.0719. The molecule has 1 fully saturated rings. The van der Waals surface area contributed by atoms with Crippen LogP contribution in [0.5, 0.6) is 0 Å². The summed E-state index contributed by atoms with van der Waals surface area (Å²) in [6, 6.07) is 14.0. The minimum Gasteiger partial charge on any atom is -0.399 e. The molecule has 0 aromatic heterocycles. The van der Waals surface area contributed by atoms with Crippen LogP contribution in [-0.2, 0) is 11.2 Å². The summed E-state index contributed by atoms with van der Waals surface area (Å²) in [6.45, 7) is 0. The van der Waals surface area contributed by atoms with E-state index in [9.17, 15) is 4.79 Å². The number of hydrogen-bond donors (Lipinski definition) is 2. The van der Waals surface area contributed by atoms with Gasteiger partial charge in [0.25, 0.3) is 0 Å². The Kier molecular flexibility index (Phi) is 3.97. The Morgan fingerprint density at radius 2 is 2.08 bits per heavy atom. The summed E-state index contributed by atoms with van der Waals surface area (Å²) in [5, 5.41) is 3.99. The van der Waals surface area contributed by atoms with Gasteiger partial charge in [-0.15, -0.1) is 0 Å². The first-order chi connectivity index (χ1) is 11.6. The average molecular weight is 341 g/mol. The lowest BCUT2D eigenvalue weighted by Gasteiger charge is -2.26. The van der Waals surface area contributed by atoms with Crippen molar-refractivity contribution >= 4 is 23.2 Å². The van der Waals surface area contributed by atoms with Crippen LogP contribution in [0.1, 0.15) is 47.9 Å². The van der Waals surface area contributed by atoms with Crippen molar-refractivity contribution in [1.82, 2.24) is 5.32 Å². The number of carbonyl (C=O) groups excluding carboxylic acids is 1. The molecule has 2 aromatic carbocycles. The number of amides is 1. The van der Waals surface area contributed by atoms with Crippen LogP contribution in [0.15, 0.2) is 42.5 Å². The Morgan fingerprint density at radius 3 is 2.92 bits per heavy atom. The standard InChI is InChI=1S/C20H21ClN2O/c21-14-5-1-3-12(9-14)17-11-18(17)20(24)23-19-6-2-4-13-10-15(22)7-8-16(13)19/h1,3,5,7-10,17-19H,2,4,6,11,22H2,(H,23,24). The summed E-state index contributed by atoms with van der Waals surface area (Å²) in [4.78, 5) is 12.7. The van der Waals surface area contributed by atoms with Crippen LogP contribution in [0.3, 0.4) is 0 Å². The highest BCUT2D eigenvalue weighted by molar-refractivity contribution is 6.30. The van der Waals surface area contributed by atoms with Crippen molar-refractivity contribution in [3.8, 4) is 0 Å². The van der Waals surface area contributed by atoms with Gasteiger partial charge in [-0.05, 0) is 72.6 Å². The molecule has 2 aliphatic rings. The van der Waals surface area contributed by atoms with Gasteiger partial charge in [0.15, 0.2) is 0 Å². The maximum Gasteiger partial charge on any atom is 0.224 e. The zero-order chi connectivity index (χ0) is 16.7. The molecule has 1 amide bonds. The number of benzene rings is 2. The van der Waals surface area contributed by atoms with E-state index in [0.29, 0.717) is 5.92 Å². The molecule has 3 N–H and O–H groups in total. The van der Waals surface area contributed by atoms with Gasteiger partial charge in [-0.2, -0.15) is 0 Å². The normalized spacial score (nSPS) is 25.0. The number of aryl methyl sites for hydroxylation is 1. The van der Waals surface area contributed by atoms with E-state index in [0.717, 1.165) is 36.4 Å². The fourth-order valence-electron chi connectivity index (χ4n) is 3.85. The molecular formula is C20H21ClN2O. The molecule has 0 heterocycles. The van der Waals surface area contributed by atoms with Gasteiger partial charge in [0, 0.05) is 16.6 Å². The molecule has 1 saturated carbocycles. The van der Waals surface area contributed by atoms with Gasteiger partial charge >= 0.3 is 0 Å². The second kappa shape index (κ2) is 6.14. The molecule has 4 rings (SSSR count). The van der Waals surface area contributed by atoms with Gasteiger partial charge in [-0.25, -0.2) is 0 Å². The van der Waals surface area contributed by atoms with Crippen molar-refractivity contribution in [2.24, 2.45) is 5.92 Å². The van der Waals surface area contributed by atoms with Gasteiger partial charge < -0.3 is 11.1 Å². The fourth-order valence-corrected chi connectivity index (χ4v) is 4.05. The Labute approximate surface area is 147 Å². The quantitative estimate of drug-likeness (QED) is 0.822. The fraction of sp³-hybridized carbons (Fsp3) is 0.350. The summed E-state index contributed by atoms with van der Waals surface area (Å²) in [7, 11) is 0. The highest BCUT2D eigenvalue weighted by atomic mass is 35.5. The molecule has 0 saturated heterocycles. The van der Waals surface area contributed by atoms with Crippen LogP contribution in [-0.4, -0.2) is 5.91 Å². The zero-order valence-electron chi connectivity index (χ0n) is 13.5. The molecule has 24 heavy (non-hydrogen) atoms. The number of hydrogen-bond acceptors (Lipinski definition) is 2.